The Morgan fingerprint density at radius 1 is 0.943 bits per heavy atom. The highest BCUT2D eigenvalue weighted by Crippen LogP contribution is 2.39. The van der Waals surface area contributed by atoms with Gasteiger partial charge in [0.25, 0.3) is 10.0 Å². The number of sulfonamides is 1. The fourth-order valence-electron chi connectivity index (χ4n) is 3.51. The lowest BCUT2D eigenvalue weighted by atomic mass is 10.1. The number of halogens is 1. The second-order valence-electron chi connectivity index (χ2n) is 7.57. The molecule has 1 amide bonds. The van der Waals surface area contributed by atoms with Gasteiger partial charge in [0.1, 0.15) is 6.54 Å². The fourth-order valence-corrected chi connectivity index (χ4v) is 5.05. The standard InChI is InChI=1S/C25H27ClN2O6S/c1-17-6-5-7-20(14-17)28(35(30,31)21-11-9-19(26)10-12-21)16-23(29)27-15-18-8-13-22(32-2)25(34-4)24(18)33-3/h5-14H,15-16H2,1-4H3,(H,27,29). The number of aryl methyl sites for hydroxylation is 1. The lowest BCUT2D eigenvalue weighted by Gasteiger charge is -2.24. The van der Waals surface area contributed by atoms with E-state index in [9.17, 15) is 13.2 Å². The normalized spacial score (nSPS) is 11.0. The molecule has 0 fully saturated rings. The van der Waals surface area contributed by atoms with Crippen molar-refractivity contribution in [2.45, 2.75) is 18.4 Å². The molecule has 0 saturated heterocycles. The molecule has 0 radical (unpaired) electrons. The number of nitrogens with one attached hydrogen (secondary N) is 1. The highest BCUT2D eigenvalue weighted by atomic mass is 35.5. The van der Waals surface area contributed by atoms with Gasteiger partial charge in [0.2, 0.25) is 11.7 Å². The largest absolute Gasteiger partial charge is 0.493 e. The van der Waals surface area contributed by atoms with E-state index < -0.39 is 22.5 Å². The average Bonchev–Trinajstić information content (AvgIpc) is 2.85. The highest BCUT2D eigenvalue weighted by Gasteiger charge is 2.27. The fraction of sp³-hybridized carbons (Fsp3) is 0.240. The summed E-state index contributed by atoms with van der Waals surface area (Å²) < 4.78 is 44.1. The molecule has 0 aliphatic carbocycles. The maximum Gasteiger partial charge on any atom is 0.264 e. The van der Waals surface area contributed by atoms with Crippen molar-refractivity contribution in [1.29, 1.82) is 0 Å². The van der Waals surface area contributed by atoms with Crippen molar-refractivity contribution in [2.24, 2.45) is 0 Å². The summed E-state index contributed by atoms with van der Waals surface area (Å²) in [5, 5.41) is 3.18. The Labute approximate surface area is 210 Å². The molecule has 3 aromatic carbocycles. The topological polar surface area (TPSA) is 94.2 Å². The predicted molar refractivity (Wildman–Crippen MR) is 135 cm³/mol. The third kappa shape index (κ3) is 5.98. The van der Waals surface area contributed by atoms with Gasteiger partial charge in [-0.15, -0.1) is 0 Å². The van der Waals surface area contributed by atoms with E-state index in [0.717, 1.165) is 9.87 Å². The molecule has 8 nitrogen and oxygen atoms in total. The van der Waals surface area contributed by atoms with Crippen molar-refractivity contribution in [1.82, 2.24) is 5.32 Å². The number of amides is 1. The molecule has 0 atom stereocenters. The van der Waals surface area contributed by atoms with Crippen LogP contribution in [-0.2, 0) is 21.4 Å². The predicted octanol–water partition coefficient (Wildman–Crippen LogP) is 4.19. The third-order valence-corrected chi connectivity index (χ3v) is 7.28. The van der Waals surface area contributed by atoms with Crippen molar-refractivity contribution in [3.8, 4) is 17.2 Å². The first-order valence-electron chi connectivity index (χ1n) is 10.6. The van der Waals surface area contributed by atoms with Crippen LogP contribution in [0.3, 0.4) is 0 Å². The van der Waals surface area contributed by atoms with Gasteiger partial charge in [0.05, 0.1) is 31.9 Å². The summed E-state index contributed by atoms with van der Waals surface area (Å²) in [6, 6.07) is 16.2. The van der Waals surface area contributed by atoms with E-state index in [1.807, 2.05) is 13.0 Å². The molecule has 0 spiro atoms. The molecule has 0 bridgehead atoms. The van der Waals surface area contributed by atoms with Crippen LogP contribution in [-0.4, -0.2) is 42.2 Å². The van der Waals surface area contributed by atoms with Gasteiger partial charge in [-0.1, -0.05) is 23.7 Å². The monoisotopic (exact) mass is 518 g/mol. The van der Waals surface area contributed by atoms with Crippen LogP contribution < -0.4 is 23.8 Å². The SMILES string of the molecule is COc1ccc(CNC(=O)CN(c2cccc(C)c2)S(=O)(=O)c2ccc(Cl)cc2)c(OC)c1OC. The second kappa shape index (κ2) is 11.3. The Morgan fingerprint density at radius 2 is 1.63 bits per heavy atom. The number of carbonyl (C=O) groups excluding carboxylic acids is 1. The van der Waals surface area contributed by atoms with Crippen molar-refractivity contribution < 1.29 is 27.4 Å². The van der Waals surface area contributed by atoms with Crippen molar-refractivity contribution >= 4 is 33.2 Å². The molecule has 10 heteroatoms. The zero-order valence-electron chi connectivity index (χ0n) is 19.9. The first kappa shape index (κ1) is 26.2. The third-order valence-electron chi connectivity index (χ3n) is 5.24. The lowest BCUT2D eigenvalue weighted by Crippen LogP contribution is -2.40. The van der Waals surface area contributed by atoms with Crippen LogP contribution in [0.4, 0.5) is 5.69 Å². The van der Waals surface area contributed by atoms with Crippen molar-refractivity contribution in [2.75, 3.05) is 32.2 Å². The number of rotatable bonds is 10. The second-order valence-corrected chi connectivity index (χ2v) is 9.87. The summed E-state index contributed by atoms with van der Waals surface area (Å²) in [5.74, 6) is 0.796. The molecule has 186 valence electrons. The number of ether oxygens (including phenoxy) is 3. The molecular formula is C25H27ClN2O6S. The van der Waals surface area contributed by atoms with Crippen LogP contribution in [0, 0.1) is 6.92 Å². The smallest absolute Gasteiger partial charge is 0.264 e. The number of hydrogen-bond acceptors (Lipinski definition) is 6. The number of benzene rings is 3. The van der Waals surface area contributed by atoms with Crippen molar-refractivity contribution in [3.63, 3.8) is 0 Å². The Kier molecular flexibility index (Phi) is 8.48. The summed E-state index contributed by atoms with van der Waals surface area (Å²) in [6.45, 7) is 1.51. The Hall–Kier alpha value is -3.43. The molecule has 3 rings (SSSR count). The van der Waals surface area contributed by atoms with Crippen LogP contribution in [0.25, 0.3) is 0 Å². The summed E-state index contributed by atoms with van der Waals surface area (Å²) in [5.41, 5.74) is 1.87. The molecule has 0 aliphatic rings. The summed E-state index contributed by atoms with van der Waals surface area (Å²) in [4.78, 5) is 13.0. The zero-order chi connectivity index (χ0) is 25.6. The van der Waals surface area contributed by atoms with Crippen LogP contribution in [0.1, 0.15) is 11.1 Å². The first-order chi connectivity index (χ1) is 16.7. The van der Waals surface area contributed by atoms with E-state index in [-0.39, 0.29) is 11.4 Å². The molecule has 0 saturated carbocycles. The number of hydrogen-bond donors (Lipinski definition) is 1. The van der Waals surface area contributed by atoms with E-state index in [2.05, 4.69) is 5.32 Å². The average molecular weight is 519 g/mol. The summed E-state index contributed by atoms with van der Waals surface area (Å²) in [7, 11) is 0.445. The van der Waals surface area contributed by atoms with Crippen LogP contribution >= 0.6 is 11.6 Å². The van der Waals surface area contributed by atoms with Gasteiger partial charge in [-0.25, -0.2) is 8.42 Å². The minimum atomic E-state index is -4.05. The molecule has 1 N–H and O–H groups in total. The van der Waals surface area contributed by atoms with Gasteiger partial charge in [0, 0.05) is 17.1 Å². The van der Waals surface area contributed by atoms with Gasteiger partial charge in [-0.2, -0.15) is 0 Å². The molecular weight excluding hydrogens is 492 g/mol. The molecule has 0 unspecified atom stereocenters. The molecule has 0 aromatic heterocycles. The van der Waals surface area contributed by atoms with Crippen LogP contribution in [0.15, 0.2) is 65.6 Å². The van der Waals surface area contributed by atoms with Crippen molar-refractivity contribution in [3.05, 3.63) is 76.8 Å². The van der Waals surface area contributed by atoms with Gasteiger partial charge >= 0.3 is 0 Å². The Morgan fingerprint density at radius 3 is 2.23 bits per heavy atom. The van der Waals surface area contributed by atoms with Gasteiger partial charge in [-0.3, -0.25) is 9.10 Å². The van der Waals surface area contributed by atoms with E-state index in [4.69, 9.17) is 25.8 Å². The lowest BCUT2D eigenvalue weighted by molar-refractivity contribution is -0.119. The number of carbonyl (C=O) groups is 1. The molecule has 0 aliphatic heterocycles. The summed E-state index contributed by atoms with van der Waals surface area (Å²) in [6.07, 6.45) is 0. The Bertz CT molecular complexity index is 1300. The van der Waals surface area contributed by atoms with Crippen LogP contribution in [0.2, 0.25) is 5.02 Å². The van der Waals surface area contributed by atoms with E-state index >= 15 is 0 Å². The van der Waals surface area contributed by atoms with Gasteiger partial charge in [0.15, 0.2) is 11.5 Å². The molecule has 3 aromatic rings. The van der Waals surface area contributed by atoms with E-state index in [0.29, 0.717) is 33.5 Å². The summed E-state index contributed by atoms with van der Waals surface area (Å²) >= 11 is 5.93. The zero-order valence-corrected chi connectivity index (χ0v) is 21.4. The number of anilines is 1. The maximum atomic E-state index is 13.5. The molecule has 35 heavy (non-hydrogen) atoms. The van der Waals surface area contributed by atoms with E-state index in [1.165, 1.54) is 45.6 Å². The number of methoxy groups -OCH3 is 3. The van der Waals surface area contributed by atoms with Crippen LogP contribution in [0.5, 0.6) is 17.2 Å². The quantitative estimate of drug-likeness (QED) is 0.432. The Balaban J connectivity index is 1.87. The molecule has 0 heterocycles. The number of nitrogens with zero attached hydrogens (tertiary/aromatic N) is 1. The van der Waals surface area contributed by atoms with Gasteiger partial charge < -0.3 is 19.5 Å². The highest BCUT2D eigenvalue weighted by molar-refractivity contribution is 7.92. The first-order valence-corrected chi connectivity index (χ1v) is 12.4. The van der Waals surface area contributed by atoms with E-state index in [1.54, 1.807) is 30.3 Å². The van der Waals surface area contributed by atoms with Gasteiger partial charge in [-0.05, 0) is 61.0 Å². The maximum absolute atomic E-state index is 13.5. The minimum Gasteiger partial charge on any atom is -0.493 e. The minimum absolute atomic E-state index is 0.0257.